The van der Waals surface area contributed by atoms with Gasteiger partial charge in [-0.3, -0.25) is 14.2 Å². The van der Waals surface area contributed by atoms with Crippen LogP contribution in [-0.4, -0.2) is 44.0 Å². The maximum atomic E-state index is 12.3. The van der Waals surface area contributed by atoms with Crippen molar-refractivity contribution in [3.63, 3.8) is 0 Å². The van der Waals surface area contributed by atoms with E-state index in [1.165, 1.54) is 23.1 Å². The van der Waals surface area contributed by atoms with E-state index in [0.29, 0.717) is 22.6 Å². The number of thioether (sulfide) groups is 1. The minimum absolute atomic E-state index is 0.0910. The molecule has 0 saturated carbocycles. The van der Waals surface area contributed by atoms with Gasteiger partial charge in [-0.15, -0.1) is 21.5 Å². The second-order valence-electron chi connectivity index (χ2n) is 6.11. The van der Waals surface area contributed by atoms with E-state index < -0.39 is 0 Å². The number of rotatable bonds is 8. The molecule has 8 nitrogen and oxygen atoms in total. The summed E-state index contributed by atoms with van der Waals surface area (Å²) >= 11 is 2.58. The summed E-state index contributed by atoms with van der Waals surface area (Å²) in [7, 11) is 0. The zero-order valence-corrected chi connectivity index (χ0v) is 18.0. The third-order valence-corrected chi connectivity index (χ3v) is 5.65. The molecule has 0 atom stereocenters. The van der Waals surface area contributed by atoms with E-state index in [9.17, 15) is 9.59 Å². The van der Waals surface area contributed by atoms with Crippen molar-refractivity contribution in [2.24, 2.45) is 0 Å². The van der Waals surface area contributed by atoms with E-state index in [1.807, 2.05) is 42.7 Å². The van der Waals surface area contributed by atoms with Gasteiger partial charge in [0.15, 0.2) is 10.3 Å². The predicted octanol–water partition coefficient (Wildman–Crippen LogP) is 3.18. The molecule has 0 aliphatic heterocycles. The summed E-state index contributed by atoms with van der Waals surface area (Å²) in [5.41, 5.74) is 2.66. The number of thiazole rings is 1. The average molecular weight is 432 g/mol. The maximum Gasteiger partial charge on any atom is 0.311 e. The topological polar surface area (TPSA) is 99.0 Å². The molecule has 1 amide bonds. The van der Waals surface area contributed by atoms with Crippen molar-refractivity contribution in [3.05, 3.63) is 46.7 Å². The number of nitrogens with zero attached hydrogens (tertiary/aromatic N) is 4. The molecule has 3 aromatic rings. The Morgan fingerprint density at radius 3 is 2.79 bits per heavy atom. The van der Waals surface area contributed by atoms with E-state index in [-0.39, 0.29) is 24.1 Å². The minimum Gasteiger partial charge on any atom is -0.466 e. The lowest BCUT2D eigenvalue weighted by molar-refractivity contribution is -0.142. The minimum atomic E-state index is -0.336. The van der Waals surface area contributed by atoms with Crippen molar-refractivity contribution < 1.29 is 14.3 Å². The van der Waals surface area contributed by atoms with Gasteiger partial charge < -0.3 is 10.1 Å². The SMILES string of the molecule is CCOC(=O)Cc1csc(NC(=O)CSc2nnc(C)n2-c2ccccc2C)n1. The summed E-state index contributed by atoms with van der Waals surface area (Å²) in [6.45, 7) is 5.98. The molecule has 0 bridgehead atoms. The van der Waals surface area contributed by atoms with Gasteiger partial charge in [0.1, 0.15) is 5.82 Å². The number of para-hydroxylation sites is 1. The van der Waals surface area contributed by atoms with Crippen LogP contribution in [0.3, 0.4) is 0 Å². The van der Waals surface area contributed by atoms with E-state index in [2.05, 4.69) is 20.5 Å². The normalized spacial score (nSPS) is 10.7. The summed E-state index contributed by atoms with van der Waals surface area (Å²) in [4.78, 5) is 28.1. The maximum absolute atomic E-state index is 12.3. The van der Waals surface area contributed by atoms with Crippen LogP contribution < -0.4 is 5.32 Å². The number of hydrogen-bond donors (Lipinski definition) is 1. The Hall–Kier alpha value is -2.72. The molecule has 0 unspecified atom stereocenters. The quantitative estimate of drug-likeness (QED) is 0.432. The number of aromatic nitrogens is 4. The molecule has 0 saturated heterocycles. The number of esters is 1. The molecular formula is C19H21N5O3S2. The van der Waals surface area contributed by atoms with Crippen molar-refractivity contribution in [1.82, 2.24) is 19.7 Å². The fraction of sp³-hybridized carbons (Fsp3) is 0.316. The molecule has 10 heteroatoms. The van der Waals surface area contributed by atoms with Gasteiger partial charge in [0.25, 0.3) is 0 Å². The van der Waals surface area contributed by atoms with Gasteiger partial charge in [0.05, 0.1) is 30.2 Å². The smallest absolute Gasteiger partial charge is 0.311 e. The van der Waals surface area contributed by atoms with Crippen LogP contribution >= 0.6 is 23.1 Å². The van der Waals surface area contributed by atoms with Crippen LogP contribution in [0.25, 0.3) is 5.69 Å². The van der Waals surface area contributed by atoms with Crippen LogP contribution in [0.2, 0.25) is 0 Å². The lowest BCUT2D eigenvalue weighted by atomic mass is 10.2. The van der Waals surface area contributed by atoms with Crippen LogP contribution in [0, 0.1) is 13.8 Å². The molecule has 2 aromatic heterocycles. The van der Waals surface area contributed by atoms with Crippen LogP contribution in [0.4, 0.5) is 5.13 Å². The molecule has 0 aliphatic rings. The zero-order chi connectivity index (χ0) is 20.8. The van der Waals surface area contributed by atoms with Crippen LogP contribution in [0.15, 0.2) is 34.8 Å². The lowest BCUT2D eigenvalue weighted by Crippen LogP contribution is -2.15. The van der Waals surface area contributed by atoms with E-state index in [4.69, 9.17) is 4.74 Å². The van der Waals surface area contributed by atoms with Gasteiger partial charge in [-0.25, -0.2) is 4.98 Å². The Bertz CT molecular complexity index is 1010. The Kier molecular flexibility index (Phi) is 6.99. The van der Waals surface area contributed by atoms with Gasteiger partial charge >= 0.3 is 5.97 Å². The first-order valence-electron chi connectivity index (χ1n) is 8.98. The highest BCUT2D eigenvalue weighted by molar-refractivity contribution is 7.99. The first kappa shape index (κ1) is 21.0. The number of amides is 1. The summed E-state index contributed by atoms with van der Waals surface area (Å²) in [5, 5.41) is 13.9. The second-order valence-corrected chi connectivity index (χ2v) is 7.91. The third-order valence-electron chi connectivity index (χ3n) is 3.91. The highest BCUT2D eigenvalue weighted by Crippen LogP contribution is 2.24. The van der Waals surface area contributed by atoms with Crippen molar-refractivity contribution in [2.45, 2.75) is 32.3 Å². The van der Waals surface area contributed by atoms with Crippen molar-refractivity contribution in [2.75, 3.05) is 17.7 Å². The van der Waals surface area contributed by atoms with Crippen molar-refractivity contribution in [1.29, 1.82) is 0 Å². The van der Waals surface area contributed by atoms with Gasteiger partial charge in [0, 0.05) is 5.38 Å². The Labute approximate surface area is 176 Å². The van der Waals surface area contributed by atoms with Gasteiger partial charge in [-0.1, -0.05) is 30.0 Å². The van der Waals surface area contributed by atoms with Gasteiger partial charge in [-0.05, 0) is 32.4 Å². The number of nitrogens with one attached hydrogen (secondary N) is 1. The standard InChI is InChI=1S/C19H21N5O3S2/c1-4-27-17(26)9-14-10-28-18(20-14)21-16(25)11-29-19-23-22-13(3)24(19)15-8-6-5-7-12(15)2/h5-8,10H,4,9,11H2,1-3H3,(H,20,21,25). The highest BCUT2D eigenvalue weighted by Gasteiger charge is 2.16. The van der Waals surface area contributed by atoms with Gasteiger partial charge in [-0.2, -0.15) is 0 Å². The fourth-order valence-corrected chi connectivity index (χ4v) is 4.14. The summed E-state index contributed by atoms with van der Waals surface area (Å²) in [6.07, 6.45) is 0.0910. The third kappa shape index (κ3) is 5.42. The second kappa shape index (κ2) is 9.66. The number of anilines is 1. The Balaban J connectivity index is 1.60. The van der Waals surface area contributed by atoms with Crippen molar-refractivity contribution >= 4 is 40.1 Å². The highest BCUT2D eigenvalue weighted by atomic mass is 32.2. The first-order chi connectivity index (χ1) is 14.0. The van der Waals surface area contributed by atoms with Crippen LogP contribution in [0.5, 0.6) is 0 Å². The summed E-state index contributed by atoms with van der Waals surface area (Å²) in [6, 6.07) is 7.95. The molecule has 0 spiro atoms. The molecule has 2 heterocycles. The zero-order valence-electron chi connectivity index (χ0n) is 16.3. The van der Waals surface area contributed by atoms with Gasteiger partial charge in [0.2, 0.25) is 5.91 Å². The molecule has 1 N–H and O–H groups in total. The van der Waals surface area contributed by atoms with E-state index in [0.717, 1.165) is 17.1 Å². The molecule has 1 aromatic carbocycles. The summed E-state index contributed by atoms with van der Waals surface area (Å²) in [5.74, 6) is 0.378. The molecule has 29 heavy (non-hydrogen) atoms. The number of carbonyl (C=O) groups is 2. The molecule has 152 valence electrons. The van der Waals surface area contributed by atoms with Crippen LogP contribution in [-0.2, 0) is 20.7 Å². The van der Waals surface area contributed by atoms with E-state index >= 15 is 0 Å². The Morgan fingerprint density at radius 1 is 1.24 bits per heavy atom. The molecule has 0 aliphatic carbocycles. The monoisotopic (exact) mass is 431 g/mol. The predicted molar refractivity (Wildman–Crippen MR) is 113 cm³/mol. The number of ether oxygens (including phenoxy) is 1. The largest absolute Gasteiger partial charge is 0.466 e. The number of aryl methyl sites for hydroxylation is 2. The molecule has 3 rings (SSSR count). The first-order valence-corrected chi connectivity index (χ1v) is 10.8. The number of carbonyl (C=O) groups excluding carboxylic acids is 2. The van der Waals surface area contributed by atoms with Crippen molar-refractivity contribution in [3.8, 4) is 5.69 Å². The Morgan fingerprint density at radius 2 is 2.03 bits per heavy atom. The average Bonchev–Trinajstić information content (AvgIpc) is 3.27. The summed E-state index contributed by atoms with van der Waals surface area (Å²) < 4.78 is 6.84. The lowest BCUT2D eigenvalue weighted by Gasteiger charge is -2.10. The fourth-order valence-electron chi connectivity index (χ4n) is 2.62. The van der Waals surface area contributed by atoms with Crippen LogP contribution in [0.1, 0.15) is 24.0 Å². The number of benzene rings is 1. The molecular weight excluding hydrogens is 410 g/mol. The van der Waals surface area contributed by atoms with E-state index in [1.54, 1.807) is 12.3 Å². The molecule has 0 radical (unpaired) electrons. The number of hydrogen-bond acceptors (Lipinski definition) is 8. The molecule has 0 fully saturated rings.